The molecule has 0 atom stereocenters. The Labute approximate surface area is 139 Å². The summed E-state index contributed by atoms with van der Waals surface area (Å²) < 4.78 is 1.81. The SMILES string of the molecule is c1ccc(-n2nnnc2N2CCN(Cc3cccs3)CC2)cc1. The third-order valence-electron chi connectivity index (χ3n) is 4.07. The maximum atomic E-state index is 4.23. The number of benzene rings is 1. The fourth-order valence-electron chi connectivity index (χ4n) is 2.84. The van der Waals surface area contributed by atoms with Crippen LogP contribution in [0.2, 0.25) is 0 Å². The molecule has 0 N–H and O–H groups in total. The smallest absolute Gasteiger partial charge is 0.250 e. The number of tetrazole rings is 1. The van der Waals surface area contributed by atoms with Gasteiger partial charge >= 0.3 is 0 Å². The van der Waals surface area contributed by atoms with E-state index in [2.05, 4.69) is 42.8 Å². The molecule has 6 nitrogen and oxygen atoms in total. The van der Waals surface area contributed by atoms with E-state index in [-0.39, 0.29) is 0 Å². The zero-order valence-electron chi connectivity index (χ0n) is 12.7. The summed E-state index contributed by atoms with van der Waals surface area (Å²) in [5, 5.41) is 14.4. The minimum absolute atomic E-state index is 0.826. The molecule has 1 aliphatic heterocycles. The van der Waals surface area contributed by atoms with Crippen LogP contribution >= 0.6 is 11.3 Å². The van der Waals surface area contributed by atoms with Crippen LogP contribution in [-0.2, 0) is 6.54 Å². The van der Waals surface area contributed by atoms with E-state index < -0.39 is 0 Å². The maximum absolute atomic E-state index is 4.23. The summed E-state index contributed by atoms with van der Waals surface area (Å²) in [5.41, 5.74) is 0.994. The third-order valence-corrected chi connectivity index (χ3v) is 4.93. The maximum Gasteiger partial charge on any atom is 0.250 e. The Morgan fingerprint density at radius 2 is 1.78 bits per heavy atom. The van der Waals surface area contributed by atoms with Gasteiger partial charge in [0.2, 0.25) is 5.95 Å². The number of para-hydroxylation sites is 1. The van der Waals surface area contributed by atoms with Crippen molar-refractivity contribution in [3.63, 3.8) is 0 Å². The van der Waals surface area contributed by atoms with Gasteiger partial charge in [-0.25, -0.2) is 0 Å². The molecule has 4 rings (SSSR count). The number of hydrogen-bond donors (Lipinski definition) is 0. The molecule has 0 spiro atoms. The van der Waals surface area contributed by atoms with Gasteiger partial charge in [-0.3, -0.25) is 4.90 Å². The van der Waals surface area contributed by atoms with Gasteiger partial charge in [0.05, 0.1) is 5.69 Å². The lowest BCUT2D eigenvalue weighted by atomic mass is 10.3. The highest BCUT2D eigenvalue weighted by molar-refractivity contribution is 7.09. The van der Waals surface area contributed by atoms with E-state index in [1.165, 1.54) is 4.88 Å². The molecule has 1 aliphatic rings. The summed E-state index contributed by atoms with van der Waals surface area (Å²) in [4.78, 5) is 6.17. The molecule has 118 valence electrons. The molecule has 23 heavy (non-hydrogen) atoms. The lowest BCUT2D eigenvalue weighted by Gasteiger charge is -2.34. The molecule has 7 heteroatoms. The number of rotatable bonds is 4. The number of piperazine rings is 1. The fourth-order valence-corrected chi connectivity index (χ4v) is 3.59. The first kappa shape index (κ1) is 14.3. The average molecular weight is 326 g/mol. The van der Waals surface area contributed by atoms with Crippen molar-refractivity contribution in [1.82, 2.24) is 25.1 Å². The van der Waals surface area contributed by atoms with Crippen LogP contribution in [0.1, 0.15) is 4.88 Å². The predicted octanol–water partition coefficient (Wildman–Crippen LogP) is 2.05. The van der Waals surface area contributed by atoms with Crippen molar-refractivity contribution in [2.45, 2.75) is 6.54 Å². The summed E-state index contributed by atoms with van der Waals surface area (Å²) >= 11 is 1.82. The van der Waals surface area contributed by atoms with Crippen molar-refractivity contribution in [2.75, 3.05) is 31.1 Å². The summed E-state index contributed by atoms with van der Waals surface area (Å²) in [7, 11) is 0. The highest BCUT2D eigenvalue weighted by Gasteiger charge is 2.22. The molecule has 0 unspecified atom stereocenters. The Kier molecular flexibility index (Phi) is 4.04. The predicted molar refractivity (Wildman–Crippen MR) is 91.0 cm³/mol. The highest BCUT2D eigenvalue weighted by Crippen LogP contribution is 2.18. The van der Waals surface area contributed by atoms with Crippen LogP contribution < -0.4 is 4.90 Å². The van der Waals surface area contributed by atoms with Crippen molar-refractivity contribution >= 4 is 17.3 Å². The normalized spacial score (nSPS) is 15.9. The monoisotopic (exact) mass is 326 g/mol. The summed E-state index contributed by atoms with van der Waals surface area (Å²) in [6, 6.07) is 14.4. The first-order valence-electron chi connectivity index (χ1n) is 7.73. The van der Waals surface area contributed by atoms with E-state index in [0.717, 1.165) is 44.4 Å². The summed E-state index contributed by atoms with van der Waals surface area (Å²) in [5.74, 6) is 0.826. The van der Waals surface area contributed by atoms with E-state index in [0.29, 0.717) is 0 Å². The largest absolute Gasteiger partial charge is 0.337 e. The van der Waals surface area contributed by atoms with Crippen molar-refractivity contribution < 1.29 is 0 Å². The van der Waals surface area contributed by atoms with Gasteiger partial charge < -0.3 is 4.90 Å². The Balaban J connectivity index is 1.44. The molecule has 3 aromatic rings. The first-order valence-corrected chi connectivity index (χ1v) is 8.61. The average Bonchev–Trinajstić information content (AvgIpc) is 3.28. The number of hydrogen-bond acceptors (Lipinski definition) is 6. The zero-order chi connectivity index (χ0) is 15.5. The minimum Gasteiger partial charge on any atom is -0.337 e. The third kappa shape index (κ3) is 3.11. The molecular formula is C16H18N6S. The van der Waals surface area contributed by atoms with Crippen molar-refractivity contribution in [3.8, 4) is 5.69 Å². The van der Waals surface area contributed by atoms with Gasteiger partial charge in [0.1, 0.15) is 0 Å². The van der Waals surface area contributed by atoms with Crippen LogP contribution in [0.4, 0.5) is 5.95 Å². The molecule has 1 saturated heterocycles. The Bertz CT molecular complexity index is 731. The minimum atomic E-state index is 0.826. The standard InChI is InChI=1S/C16H18N6S/c1-2-5-14(6-3-1)22-16(17-18-19-22)21-10-8-20(9-11-21)13-15-7-4-12-23-15/h1-7,12H,8-11,13H2. The van der Waals surface area contributed by atoms with Gasteiger partial charge in [0, 0.05) is 37.6 Å². The zero-order valence-corrected chi connectivity index (χ0v) is 13.6. The molecule has 0 amide bonds. The molecule has 0 saturated carbocycles. The Morgan fingerprint density at radius 3 is 2.52 bits per heavy atom. The Morgan fingerprint density at radius 1 is 0.957 bits per heavy atom. The second kappa shape index (κ2) is 6.47. The molecule has 1 fully saturated rings. The van der Waals surface area contributed by atoms with Gasteiger partial charge in [-0.15, -0.1) is 11.3 Å². The van der Waals surface area contributed by atoms with E-state index in [1.54, 1.807) is 0 Å². The second-order valence-electron chi connectivity index (χ2n) is 5.57. The Hall–Kier alpha value is -2.25. The number of aromatic nitrogens is 4. The van der Waals surface area contributed by atoms with Crippen molar-refractivity contribution in [1.29, 1.82) is 0 Å². The van der Waals surface area contributed by atoms with Gasteiger partial charge in [-0.05, 0) is 34.0 Å². The lowest BCUT2D eigenvalue weighted by molar-refractivity contribution is 0.250. The number of anilines is 1. The first-order chi connectivity index (χ1) is 11.4. The second-order valence-corrected chi connectivity index (χ2v) is 6.60. The molecular weight excluding hydrogens is 308 g/mol. The van der Waals surface area contributed by atoms with Crippen molar-refractivity contribution in [2.24, 2.45) is 0 Å². The highest BCUT2D eigenvalue weighted by atomic mass is 32.1. The lowest BCUT2D eigenvalue weighted by Crippen LogP contribution is -2.46. The van der Waals surface area contributed by atoms with E-state index in [1.807, 2.05) is 46.4 Å². The van der Waals surface area contributed by atoms with E-state index in [9.17, 15) is 0 Å². The van der Waals surface area contributed by atoms with E-state index in [4.69, 9.17) is 0 Å². The summed E-state index contributed by atoms with van der Waals surface area (Å²) in [6.07, 6.45) is 0. The molecule has 2 aromatic heterocycles. The van der Waals surface area contributed by atoms with Crippen LogP contribution in [-0.4, -0.2) is 51.3 Å². The van der Waals surface area contributed by atoms with E-state index >= 15 is 0 Å². The molecule has 0 radical (unpaired) electrons. The molecule has 0 bridgehead atoms. The van der Waals surface area contributed by atoms with Gasteiger partial charge in [0.25, 0.3) is 0 Å². The van der Waals surface area contributed by atoms with Gasteiger partial charge in [-0.1, -0.05) is 29.4 Å². The quantitative estimate of drug-likeness (QED) is 0.734. The molecule has 1 aromatic carbocycles. The topological polar surface area (TPSA) is 50.1 Å². The van der Waals surface area contributed by atoms with Crippen LogP contribution in [0.25, 0.3) is 5.69 Å². The van der Waals surface area contributed by atoms with Crippen LogP contribution in [0.5, 0.6) is 0 Å². The van der Waals surface area contributed by atoms with Crippen LogP contribution in [0, 0.1) is 0 Å². The van der Waals surface area contributed by atoms with Crippen LogP contribution in [0.15, 0.2) is 47.8 Å². The van der Waals surface area contributed by atoms with Crippen molar-refractivity contribution in [3.05, 3.63) is 52.7 Å². The fraction of sp³-hybridized carbons (Fsp3) is 0.312. The molecule has 3 heterocycles. The van der Waals surface area contributed by atoms with Crippen LogP contribution in [0.3, 0.4) is 0 Å². The number of thiophene rings is 1. The van der Waals surface area contributed by atoms with Gasteiger partial charge in [0.15, 0.2) is 0 Å². The van der Waals surface area contributed by atoms with Gasteiger partial charge in [-0.2, -0.15) is 4.68 Å². The summed E-state index contributed by atoms with van der Waals surface area (Å²) in [6.45, 7) is 4.98. The number of nitrogens with zero attached hydrogens (tertiary/aromatic N) is 6. The molecule has 0 aliphatic carbocycles.